The Morgan fingerprint density at radius 3 is 2.83 bits per heavy atom. The van der Waals surface area contributed by atoms with Crippen molar-refractivity contribution in [2.75, 3.05) is 0 Å². The minimum atomic E-state index is -3.84. The molecule has 18 heavy (non-hydrogen) atoms. The lowest BCUT2D eigenvalue weighted by atomic mass is 10.2. The summed E-state index contributed by atoms with van der Waals surface area (Å²) in [6.45, 7) is 1.62. The summed E-state index contributed by atoms with van der Waals surface area (Å²) < 4.78 is 30.1. The SMILES string of the molecule is C#CCC(NS(=O)(=O)Cc1cc(C)on1)C(=O)O. The molecule has 0 aliphatic rings. The molecule has 0 saturated carbocycles. The zero-order chi connectivity index (χ0) is 13.8. The number of aryl methyl sites for hydroxylation is 1. The van der Waals surface area contributed by atoms with Crippen molar-refractivity contribution in [3.8, 4) is 12.3 Å². The molecule has 0 amide bonds. The van der Waals surface area contributed by atoms with Crippen LogP contribution in [0.3, 0.4) is 0 Å². The van der Waals surface area contributed by atoms with Crippen molar-refractivity contribution in [1.82, 2.24) is 9.88 Å². The number of carboxylic acid groups (broad SMARTS) is 1. The van der Waals surface area contributed by atoms with E-state index in [2.05, 4.69) is 11.1 Å². The molecule has 1 aromatic heterocycles. The second kappa shape index (κ2) is 5.66. The van der Waals surface area contributed by atoms with Crippen LogP contribution in [0.4, 0.5) is 0 Å². The van der Waals surface area contributed by atoms with Crippen molar-refractivity contribution < 1.29 is 22.8 Å². The van der Waals surface area contributed by atoms with Crippen LogP contribution in [0.5, 0.6) is 0 Å². The molecule has 1 unspecified atom stereocenters. The van der Waals surface area contributed by atoms with E-state index in [9.17, 15) is 13.2 Å². The van der Waals surface area contributed by atoms with Gasteiger partial charge in [-0.2, -0.15) is 4.72 Å². The first-order valence-corrected chi connectivity index (χ1v) is 6.58. The number of hydrogen-bond donors (Lipinski definition) is 2. The van der Waals surface area contributed by atoms with Crippen LogP contribution in [0.15, 0.2) is 10.6 Å². The predicted molar refractivity (Wildman–Crippen MR) is 61.9 cm³/mol. The minimum Gasteiger partial charge on any atom is -0.480 e. The number of nitrogens with one attached hydrogen (secondary N) is 1. The number of rotatable bonds is 6. The molecule has 1 heterocycles. The Balaban J connectivity index is 2.75. The van der Waals surface area contributed by atoms with E-state index in [-0.39, 0.29) is 12.1 Å². The van der Waals surface area contributed by atoms with Gasteiger partial charge in [-0.1, -0.05) is 5.16 Å². The molecule has 7 nitrogen and oxygen atoms in total. The molecule has 0 aliphatic heterocycles. The number of aromatic nitrogens is 1. The van der Waals surface area contributed by atoms with Crippen LogP contribution in [0.25, 0.3) is 0 Å². The standard InChI is InChI=1S/C10H12N2O5S/c1-3-4-9(10(13)14)12-18(15,16)6-8-5-7(2)17-11-8/h1,5,9,12H,4,6H2,2H3,(H,13,14). The summed E-state index contributed by atoms with van der Waals surface area (Å²) >= 11 is 0. The summed E-state index contributed by atoms with van der Waals surface area (Å²) in [5, 5.41) is 12.3. The normalized spacial score (nSPS) is 12.9. The zero-order valence-corrected chi connectivity index (χ0v) is 10.4. The highest BCUT2D eigenvalue weighted by atomic mass is 32.2. The van der Waals surface area contributed by atoms with E-state index in [1.807, 2.05) is 4.72 Å². The number of terminal acetylenes is 1. The molecule has 98 valence electrons. The zero-order valence-electron chi connectivity index (χ0n) is 9.58. The van der Waals surface area contributed by atoms with E-state index >= 15 is 0 Å². The Kier molecular flexibility index (Phi) is 4.47. The van der Waals surface area contributed by atoms with Crippen LogP contribution in [0.2, 0.25) is 0 Å². The molecule has 0 radical (unpaired) electrons. The summed E-state index contributed by atoms with van der Waals surface area (Å²) in [4.78, 5) is 10.8. The van der Waals surface area contributed by atoms with Gasteiger partial charge in [0.25, 0.3) is 0 Å². The van der Waals surface area contributed by atoms with Crippen LogP contribution >= 0.6 is 0 Å². The van der Waals surface area contributed by atoms with Crippen molar-refractivity contribution in [3.05, 3.63) is 17.5 Å². The lowest BCUT2D eigenvalue weighted by Gasteiger charge is -2.11. The fraction of sp³-hybridized carbons (Fsp3) is 0.400. The molecular formula is C10H12N2O5S. The summed E-state index contributed by atoms with van der Waals surface area (Å²) in [7, 11) is -3.84. The van der Waals surface area contributed by atoms with Crippen molar-refractivity contribution in [2.45, 2.75) is 25.1 Å². The Morgan fingerprint density at radius 1 is 1.72 bits per heavy atom. The molecule has 1 atom stereocenters. The van der Waals surface area contributed by atoms with Crippen LogP contribution in [0.1, 0.15) is 17.9 Å². The molecule has 0 spiro atoms. The second-order valence-corrected chi connectivity index (χ2v) is 5.36. The van der Waals surface area contributed by atoms with Crippen molar-refractivity contribution >= 4 is 16.0 Å². The Labute approximate surface area is 104 Å². The van der Waals surface area contributed by atoms with Gasteiger partial charge < -0.3 is 9.63 Å². The third-order valence-corrected chi connectivity index (χ3v) is 3.28. The smallest absolute Gasteiger partial charge is 0.322 e. The van der Waals surface area contributed by atoms with Gasteiger partial charge in [-0.15, -0.1) is 12.3 Å². The van der Waals surface area contributed by atoms with E-state index in [4.69, 9.17) is 16.1 Å². The van der Waals surface area contributed by atoms with Crippen LogP contribution in [0, 0.1) is 19.3 Å². The fourth-order valence-electron chi connectivity index (χ4n) is 1.24. The Hall–Kier alpha value is -1.85. The molecule has 2 N–H and O–H groups in total. The number of carbonyl (C=O) groups is 1. The van der Waals surface area contributed by atoms with Crippen LogP contribution < -0.4 is 4.72 Å². The van der Waals surface area contributed by atoms with Crippen LogP contribution in [-0.4, -0.2) is 30.7 Å². The van der Waals surface area contributed by atoms with Crippen molar-refractivity contribution in [2.24, 2.45) is 0 Å². The molecule has 0 fully saturated rings. The van der Waals surface area contributed by atoms with Gasteiger partial charge in [-0.25, -0.2) is 8.42 Å². The van der Waals surface area contributed by atoms with Gasteiger partial charge in [0.05, 0.1) is 0 Å². The molecule has 0 bridgehead atoms. The maximum Gasteiger partial charge on any atom is 0.322 e. The number of hydrogen-bond acceptors (Lipinski definition) is 5. The summed E-state index contributed by atoms with van der Waals surface area (Å²) in [6, 6.07) is 0.115. The first-order chi connectivity index (χ1) is 8.34. The number of sulfonamides is 1. The van der Waals surface area contributed by atoms with Gasteiger partial charge in [0, 0.05) is 12.5 Å². The molecule has 0 saturated heterocycles. The van der Waals surface area contributed by atoms with Gasteiger partial charge in [-0.05, 0) is 6.92 Å². The topological polar surface area (TPSA) is 110 Å². The van der Waals surface area contributed by atoms with E-state index in [0.29, 0.717) is 5.76 Å². The van der Waals surface area contributed by atoms with Gasteiger partial charge in [0.15, 0.2) is 0 Å². The predicted octanol–water partition coefficient (Wildman–Crippen LogP) is -0.121. The number of nitrogens with zero attached hydrogens (tertiary/aromatic N) is 1. The number of aliphatic carboxylic acids is 1. The first-order valence-electron chi connectivity index (χ1n) is 4.92. The third-order valence-electron chi connectivity index (χ3n) is 1.96. The van der Waals surface area contributed by atoms with Crippen molar-refractivity contribution in [3.63, 3.8) is 0 Å². The lowest BCUT2D eigenvalue weighted by molar-refractivity contribution is -0.138. The maximum atomic E-state index is 11.7. The van der Waals surface area contributed by atoms with Crippen LogP contribution in [-0.2, 0) is 20.6 Å². The first kappa shape index (κ1) is 14.2. The average molecular weight is 272 g/mol. The van der Waals surface area contributed by atoms with Gasteiger partial charge in [-0.3, -0.25) is 4.79 Å². The highest BCUT2D eigenvalue weighted by Crippen LogP contribution is 2.07. The monoisotopic (exact) mass is 272 g/mol. The molecular weight excluding hydrogens is 260 g/mol. The second-order valence-electron chi connectivity index (χ2n) is 3.60. The Bertz CT molecular complexity index is 569. The highest BCUT2D eigenvalue weighted by molar-refractivity contribution is 7.88. The minimum absolute atomic E-state index is 0.199. The Morgan fingerprint density at radius 2 is 2.39 bits per heavy atom. The maximum absolute atomic E-state index is 11.7. The average Bonchev–Trinajstić information content (AvgIpc) is 2.62. The summed E-state index contributed by atoms with van der Waals surface area (Å²) in [5.74, 6) is 0.783. The largest absolute Gasteiger partial charge is 0.480 e. The molecule has 8 heteroatoms. The third kappa shape index (κ3) is 4.20. The molecule has 0 aliphatic carbocycles. The van der Waals surface area contributed by atoms with Gasteiger partial charge in [0.2, 0.25) is 10.0 Å². The van der Waals surface area contributed by atoms with E-state index in [1.165, 1.54) is 6.07 Å². The number of carboxylic acids is 1. The summed E-state index contributed by atoms with van der Waals surface area (Å²) in [6.07, 6.45) is 4.74. The van der Waals surface area contributed by atoms with E-state index < -0.39 is 27.8 Å². The van der Waals surface area contributed by atoms with E-state index in [0.717, 1.165) is 0 Å². The summed E-state index contributed by atoms with van der Waals surface area (Å²) in [5.41, 5.74) is 0.199. The fourth-order valence-corrected chi connectivity index (χ4v) is 2.46. The molecule has 1 aromatic rings. The van der Waals surface area contributed by atoms with E-state index in [1.54, 1.807) is 6.92 Å². The quantitative estimate of drug-likeness (QED) is 0.699. The van der Waals surface area contributed by atoms with Gasteiger partial charge >= 0.3 is 5.97 Å². The lowest BCUT2D eigenvalue weighted by Crippen LogP contribution is -2.41. The molecule has 1 rings (SSSR count). The molecule has 0 aromatic carbocycles. The highest BCUT2D eigenvalue weighted by Gasteiger charge is 2.24. The van der Waals surface area contributed by atoms with Crippen molar-refractivity contribution in [1.29, 1.82) is 0 Å². The van der Waals surface area contributed by atoms with Gasteiger partial charge in [0.1, 0.15) is 23.2 Å².